The van der Waals surface area contributed by atoms with Crippen molar-refractivity contribution < 1.29 is 4.79 Å². The molecule has 2 fully saturated rings. The molecule has 0 aromatic heterocycles. The summed E-state index contributed by atoms with van der Waals surface area (Å²) in [5.74, 6) is 2.31. The average Bonchev–Trinajstić information content (AvgIpc) is 3.09. The molecule has 2 aromatic rings. The SMILES string of the molecule is O=C1NC(C2CCC(c3ccc(-c4ccccc4)cc3)CC2)CS1. The van der Waals surface area contributed by atoms with Gasteiger partial charge in [0, 0.05) is 11.8 Å². The lowest BCUT2D eigenvalue weighted by atomic mass is 9.76. The van der Waals surface area contributed by atoms with Gasteiger partial charge < -0.3 is 5.32 Å². The van der Waals surface area contributed by atoms with E-state index in [-0.39, 0.29) is 5.24 Å². The van der Waals surface area contributed by atoms with Gasteiger partial charge in [0.05, 0.1) is 0 Å². The second kappa shape index (κ2) is 7.02. The number of benzene rings is 2. The lowest BCUT2D eigenvalue weighted by molar-refractivity contribution is 0.245. The van der Waals surface area contributed by atoms with Crippen LogP contribution in [0.5, 0.6) is 0 Å². The zero-order valence-electron chi connectivity index (χ0n) is 13.8. The highest BCUT2D eigenvalue weighted by Crippen LogP contribution is 2.39. The molecule has 1 saturated carbocycles. The number of carbonyl (C=O) groups is 1. The summed E-state index contributed by atoms with van der Waals surface area (Å²) >= 11 is 1.45. The normalized spacial score (nSPS) is 27.0. The highest BCUT2D eigenvalue weighted by molar-refractivity contribution is 8.13. The Balaban J connectivity index is 1.38. The number of thioether (sulfide) groups is 1. The molecule has 3 heteroatoms. The van der Waals surface area contributed by atoms with Gasteiger partial charge in [0.15, 0.2) is 0 Å². The molecule has 2 aliphatic rings. The van der Waals surface area contributed by atoms with E-state index < -0.39 is 0 Å². The Labute approximate surface area is 148 Å². The molecule has 1 unspecified atom stereocenters. The third-order valence-electron chi connectivity index (χ3n) is 5.53. The van der Waals surface area contributed by atoms with Crippen molar-refractivity contribution in [3.8, 4) is 11.1 Å². The Morgan fingerprint density at radius 2 is 1.50 bits per heavy atom. The first-order valence-corrected chi connectivity index (χ1v) is 9.87. The van der Waals surface area contributed by atoms with Crippen molar-refractivity contribution in [1.29, 1.82) is 0 Å². The van der Waals surface area contributed by atoms with Crippen molar-refractivity contribution in [2.24, 2.45) is 5.92 Å². The van der Waals surface area contributed by atoms with Crippen LogP contribution in [0, 0.1) is 5.92 Å². The van der Waals surface area contributed by atoms with Crippen LogP contribution in [0.15, 0.2) is 54.6 Å². The van der Waals surface area contributed by atoms with E-state index in [2.05, 4.69) is 59.9 Å². The average molecular weight is 337 g/mol. The molecule has 4 rings (SSSR count). The maximum absolute atomic E-state index is 11.4. The van der Waals surface area contributed by atoms with Gasteiger partial charge in [0.2, 0.25) is 0 Å². The standard InChI is InChI=1S/C21H23NOS/c23-21-22-20(14-24-21)19-12-10-18(11-13-19)17-8-6-16(7-9-17)15-4-2-1-3-5-15/h1-9,18-20H,10-14H2,(H,22,23). The first-order valence-electron chi connectivity index (χ1n) is 8.88. The van der Waals surface area contributed by atoms with Gasteiger partial charge in [-0.2, -0.15) is 0 Å². The predicted molar refractivity (Wildman–Crippen MR) is 101 cm³/mol. The Morgan fingerprint density at radius 3 is 2.12 bits per heavy atom. The van der Waals surface area contributed by atoms with Crippen LogP contribution in [0.1, 0.15) is 37.2 Å². The van der Waals surface area contributed by atoms with Crippen LogP contribution in [0.3, 0.4) is 0 Å². The summed E-state index contributed by atoms with van der Waals surface area (Å²) in [5, 5.41) is 3.29. The van der Waals surface area contributed by atoms with Crippen LogP contribution in [0.4, 0.5) is 4.79 Å². The number of carbonyl (C=O) groups excluding carboxylic acids is 1. The summed E-state index contributed by atoms with van der Waals surface area (Å²) in [6.07, 6.45) is 4.95. The Bertz CT molecular complexity index is 690. The Hall–Kier alpha value is -1.74. The van der Waals surface area contributed by atoms with E-state index in [0.29, 0.717) is 17.9 Å². The molecule has 1 saturated heterocycles. The van der Waals surface area contributed by atoms with Crippen LogP contribution in [0.2, 0.25) is 0 Å². The number of nitrogens with one attached hydrogen (secondary N) is 1. The molecule has 124 valence electrons. The third kappa shape index (κ3) is 3.36. The number of hydrogen-bond acceptors (Lipinski definition) is 2. The molecule has 1 amide bonds. The van der Waals surface area contributed by atoms with Gasteiger partial charge >= 0.3 is 0 Å². The van der Waals surface area contributed by atoms with E-state index in [4.69, 9.17) is 0 Å². The monoisotopic (exact) mass is 337 g/mol. The van der Waals surface area contributed by atoms with Crippen molar-refractivity contribution in [1.82, 2.24) is 5.32 Å². The molecule has 24 heavy (non-hydrogen) atoms. The van der Waals surface area contributed by atoms with E-state index in [1.807, 2.05) is 0 Å². The maximum atomic E-state index is 11.4. The summed E-state index contributed by atoms with van der Waals surface area (Å²) < 4.78 is 0. The van der Waals surface area contributed by atoms with Crippen LogP contribution in [-0.4, -0.2) is 17.0 Å². The zero-order valence-corrected chi connectivity index (χ0v) is 14.6. The molecule has 0 radical (unpaired) electrons. The molecule has 1 aliphatic heterocycles. The minimum absolute atomic E-state index is 0.165. The molecule has 1 heterocycles. The van der Waals surface area contributed by atoms with Crippen molar-refractivity contribution in [3.05, 3.63) is 60.2 Å². The summed E-state index contributed by atoms with van der Waals surface area (Å²) in [6, 6.07) is 20.1. The molecular formula is C21H23NOS. The highest BCUT2D eigenvalue weighted by Gasteiger charge is 2.32. The van der Waals surface area contributed by atoms with Crippen molar-refractivity contribution in [3.63, 3.8) is 0 Å². The fourth-order valence-electron chi connectivity index (χ4n) is 4.09. The molecule has 1 atom stereocenters. The number of hydrogen-bond donors (Lipinski definition) is 1. The fourth-order valence-corrected chi connectivity index (χ4v) is 5.01. The molecule has 0 bridgehead atoms. The van der Waals surface area contributed by atoms with Gasteiger partial charge in [-0.05, 0) is 54.2 Å². The number of rotatable bonds is 3. The van der Waals surface area contributed by atoms with E-state index in [9.17, 15) is 4.79 Å². The summed E-state index contributed by atoms with van der Waals surface area (Å²) in [7, 11) is 0. The lowest BCUT2D eigenvalue weighted by Crippen LogP contribution is -2.36. The van der Waals surface area contributed by atoms with Crippen molar-refractivity contribution >= 4 is 17.0 Å². The Kier molecular flexibility index (Phi) is 4.61. The summed E-state index contributed by atoms with van der Waals surface area (Å²) in [6.45, 7) is 0. The van der Waals surface area contributed by atoms with Crippen LogP contribution in [-0.2, 0) is 0 Å². The molecule has 1 aliphatic carbocycles. The third-order valence-corrected chi connectivity index (χ3v) is 6.43. The molecule has 0 spiro atoms. The second-order valence-corrected chi connectivity index (χ2v) is 7.94. The van der Waals surface area contributed by atoms with Gasteiger partial charge in [-0.15, -0.1) is 0 Å². The molecular weight excluding hydrogens is 314 g/mol. The van der Waals surface area contributed by atoms with Gasteiger partial charge in [-0.25, -0.2) is 0 Å². The smallest absolute Gasteiger partial charge is 0.279 e. The topological polar surface area (TPSA) is 29.1 Å². The maximum Gasteiger partial charge on any atom is 0.279 e. The van der Waals surface area contributed by atoms with Crippen molar-refractivity contribution in [2.75, 3.05) is 5.75 Å². The Morgan fingerprint density at radius 1 is 0.833 bits per heavy atom. The predicted octanol–water partition coefficient (Wildman–Crippen LogP) is 5.45. The van der Waals surface area contributed by atoms with Crippen LogP contribution in [0.25, 0.3) is 11.1 Å². The van der Waals surface area contributed by atoms with Gasteiger partial charge in [0.25, 0.3) is 5.24 Å². The van der Waals surface area contributed by atoms with Gasteiger partial charge in [-0.1, -0.05) is 66.4 Å². The largest absolute Gasteiger partial charge is 0.343 e. The first kappa shape index (κ1) is 15.8. The first-order chi connectivity index (χ1) is 11.8. The number of amides is 1. The zero-order chi connectivity index (χ0) is 16.4. The van der Waals surface area contributed by atoms with E-state index in [1.54, 1.807) is 0 Å². The quantitative estimate of drug-likeness (QED) is 0.806. The van der Waals surface area contributed by atoms with E-state index in [0.717, 1.165) is 5.75 Å². The van der Waals surface area contributed by atoms with Crippen LogP contribution >= 0.6 is 11.8 Å². The molecule has 1 N–H and O–H groups in total. The second-order valence-electron chi connectivity index (χ2n) is 6.95. The fraction of sp³-hybridized carbons (Fsp3) is 0.381. The van der Waals surface area contributed by atoms with E-state index in [1.165, 1.54) is 54.1 Å². The van der Waals surface area contributed by atoms with Gasteiger partial charge in [0.1, 0.15) is 0 Å². The minimum Gasteiger partial charge on any atom is -0.343 e. The molecule has 2 nitrogen and oxygen atoms in total. The van der Waals surface area contributed by atoms with Gasteiger partial charge in [-0.3, -0.25) is 4.79 Å². The lowest BCUT2D eigenvalue weighted by Gasteiger charge is -2.32. The molecule has 2 aromatic carbocycles. The van der Waals surface area contributed by atoms with Crippen LogP contribution < -0.4 is 5.32 Å². The summed E-state index contributed by atoms with van der Waals surface area (Å²) in [5.41, 5.74) is 4.04. The summed E-state index contributed by atoms with van der Waals surface area (Å²) in [4.78, 5) is 11.4. The van der Waals surface area contributed by atoms with E-state index >= 15 is 0 Å². The minimum atomic E-state index is 0.165. The highest BCUT2D eigenvalue weighted by atomic mass is 32.2. The van der Waals surface area contributed by atoms with Crippen molar-refractivity contribution in [2.45, 2.75) is 37.6 Å².